The van der Waals surface area contributed by atoms with E-state index in [1.165, 1.54) is 0 Å². The lowest BCUT2D eigenvalue weighted by Gasteiger charge is -2.34. The number of sulfonamides is 1. The number of carbonyl (C=O) groups is 1. The minimum Gasteiger partial charge on any atom is -0.359 e. The first-order valence-electron chi connectivity index (χ1n) is 8.92. The summed E-state index contributed by atoms with van der Waals surface area (Å²) in [5.74, 6) is 0.0440. The summed E-state index contributed by atoms with van der Waals surface area (Å²) in [6.07, 6.45) is 1.29. The van der Waals surface area contributed by atoms with Gasteiger partial charge in [0, 0.05) is 39.6 Å². The van der Waals surface area contributed by atoms with Crippen LogP contribution in [0.15, 0.2) is 47.4 Å². The zero-order valence-electron chi connectivity index (χ0n) is 15.0. The van der Waals surface area contributed by atoms with Crippen LogP contribution in [0.1, 0.15) is 12.8 Å². The van der Waals surface area contributed by atoms with E-state index in [0.717, 1.165) is 23.7 Å². The molecule has 0 aliphatic carbocycles. The average Bonchev–Trinajstić information content (AvgIpc) is 2.67. The van der Waals surface area contributed by atoms with Gasteiger partial charge in [-0.1, -0.05) is 30.3 Å². The van der Waals surface area contributed by atoms with Crippen LogP contribution in [0.3, 0.4) is 0 Å². The molecule has 0 unspecified atom stereocenters. The van der Waals surface area contributed by atoms with E-state index in [9.17, 15) is 13.2 Å². The van der Waals surface area contributed by atoms with Gasteiger partial charge < -0.3 is 10.2 Å². The molecule has 0 aromatic heterocycles. The molecule has 1 aliphatic heterocycles. The van der Waals surface area contributed by atoms with Crippen molar-refractivity contribution in [1.82, 2.24) is 14.5 Å². The molecule has 0 saturated carbocycles. The zero-order chi connectivity index (χ0) is 18.6. The normalized spacial score (nSPS) is 16.7. The summed E-state index contributed by atoms with van der Waals surface area (Å²) < 4.78 is 27.4. The lowest BCUT2D eigenvalue weighted by Crippen LogP contribution is -2.48. The highest BCUT2D eigenvalue weighted by Gasteiger charge is 2.28. The first-order chi connectivity index (χ1) is 12.5. The Balaban J connectivity index is 1.61. The zero-order valence-corrected chi connectivity index (χ0v) is 15.8. The topological polar surface area (TPSA) is 69.7 Å². The molecule has 1 aliphatic rings. The summed E-state index contributed by atoms with van der Waals surface area (Å²) >= 11 is 0. The SMILES string of the molecule is CNC(=O)CCCN1CCN(S(=O)(=O)c2ccc3ccccc3c2)CC1. The molecule has 1 amide bonds. The maximum atomic E-state index is 12.9. The minimum absolute atomic E-state index is 0.0440. The number of nitrogens with zero attached hydrogens (tertiary/aromatic N) is 2. The van der Waals surface area contributed by atoms with Crippen molar-refractivity contribution in [3.63, 3.8) is 0 Å². The number of benzene rings is 2. The maximum absolute atomic E-state index is 12.9. The summed E-state index contributed by atoms with van der Waals surface area (Å²) in [6.45, 7) is 3.17. The van der Waals surface area contributed by atoms with Gasteiger partial charge in [0.25, 0.3) is 0 Å². The van der Waals surface area contributed by atoms with E-state index < -0.39 is 10.0 Å². The van der Waals surface area contributed by atoms with Gasteiger partial charge in [-0.3, -0.25) is 4.79 Å². The summed E-state index contributed by atoms with van der Waals surface area (Å²) in [6, 6.07) is 13.1. The van der Waals surface area contributed by atoms with E-state index in [1.54, 1.807) is 23.5 Å². The highest BCUT2D eigenvalue weighted by atomic mass is 32.2. The Morgan fingerprint density at radius 2 is 1.73 bits per heavy atom. The molecule has 3 rings (SSSR count). The number of amides is 1. The third kappa shape index (κ3) is 4.23. The Labute approximate surface area is 154 Å². The second kappa shape index (κ2) is 8.16. The van der Waals surface area contributed by atoms with E-state index >= 15 is 0 Å². The second-order valence-electron chi connectivity index (χ2n) is 6.53. The Morgan fingerprint density at radius 1 is 1.04 bits per heavy atom. The Morgan fingerprint density at radius 3 is 2.42 bits per heavy atom. The van der Waals surface area contributed by atoms with E-state index in [4.69, 9.17) is 0 Å². The van der Waals surface area contributed by atoms with Gasteiger partial charge in [0.05, 0.1) is 4.90 Å². The lowest BCUT2D eigenvalue weighted by molar-refractivity contribution is -0.120. The highest BCUT2D eigenvalue weighted by molar-refractivity contribution is 7.89. The first-order valence-corrected chi connectivity index (χ1v) is 10.4. The molecule has 6 nitrogen and oxygen atoms in total. The molecule has 0 atom stereocenters. The smallest absolute Gasteiger partial charge is 0.243 e. The summed E-state index contributed by atoms with van der Waals surface area (Å²) in [5, 5.41) is 4.58. The molecule has 0 bridgehead atoms. The largest absolute Gasteiger partial charge is 0.359 e. The second-order valence-corrected chi connectivity index (χ2v) is 8.47. The van der Waals surface area contributed by atoms with Crippen LogP contribution >= 0.6 is 0 Å². The molecular weight excluding hydrogens is 350 g/mol. The van der Waals surface area contributed by atoms with Crippen molar-refractivity contribution >= 4 is 26.7 Å². The summed E-state index contributed by atoms with van der Waals surface area (Å²) in [5.41, 5.74) is 0. The monoisotopic (exact) mass is 375 g/mol. The van der Waals surface area contributed by atoms with Crippen molar-refractivity contribution in [3.05, 3.63) is 42.5 Å². The Kier molecular flexibility index (Phi) is 5.90. The van der Waals surface area contributed by atoms with Gasteiger partial charge in [0.1, 0.15) is 0 Å². The molecule has 1 saturated heterocycles. The van der Waals surface area contributed by atoms with Crippen molar-refractivity contribution in [2.75, 3.05) is 39.8 Å². The highest BCUT2D eigenvalue weighted by Crippen LogP contribution is 2.22. The molecule has 1 N–H and O–H groups in total. The fourth-order valence-electron chi connectivity index (χ4n) is 3.26. The molecular formula is C19H25N3O3S. The molecule has 140 valence electrons. The number of rotatable bonds is 6. The number of hydrogen-bond acceptors (Lipinski definition) is 4. The lowest BCUT2D eigenvalue weighted by atomic mass is 10.1. The van der Waals surface area contributed by atoms with Crippen LogP contribution in [0.4, 0.5) is 0 Å². The van der Waals surface area contributed by atoms with E-state index in [1.807, 2.05) is 30.3 Å². The fourth-order valence-corrected chi connectivity index (χ4v) is 4.72. The molecule has 7 heteroatoms. The molecule has 1 fully saturated rings. The van der Waals surface area contributed by atoms with Gasteiger partial charge >= 0.3 is 0 Å². The van der Waals surface area contributed by atoms with Gasteiger partial charge in [0.15, 0.2) is 0 Å². The van der Waals surface area contributed by atoms with Gasteiger partial charge in [0.2, 0.25) is 15.9 Å². The van der Waals surface area contributed by atoms with Crippen molar-refractivity contribution in [2.24, 2.45) is 0 Å². The predicted molar refractivity (Wildman–Crippen MR) is 102 cm³/mol. The van der Waals surface area contributed by atoms with Crippen LogP contribution in [0.25, 0.3) is 10.8 Å². The molecule has 0 radical (unpaired) electrons. The average molecular weight is 375 g/mol. The van der Waals surface area contributed by atoms with Crippen LogP contribution in [0.5, 0.6) is 0 Å². The fraction of sp³-hybridized carbons (Fsp3) is 0.421. The third-order valence-electron chi connectivity index (χ3n) is 4.85. The number of carbonyl (C=O) groups excluding carboxylic acids is 1. The van der Waals surface area contributed by atoms with Gasteiger partial charge in [-0.25, -0.2) is 8.42 Å². The van der Waals surface area contributed by atoms with Crippen LogP contribution < -0.4 is 5.32 Å². The van der Waals surface area contributed by atoms with Crippen molar-refractivity contribution in [3.8, 4) is 0 Å². The third-order valence-corrected chi connectivity index (χ3v) is 6.74. The van der Waals surface area contributed by atoms with Crippen LogP contribution in [0, 0.1) is 0 Å². The van der Waals surface area contributed by atoms with E-state index in [0.29, 0.717) is 37.5 Å². The van der Waals surface area contributed by atoms with E-state index in [-0.39, 0.29) is 5.91 Å². The van der Waals surface area contributed by atoms with Gasteiger partial charge in [-0.2, -0.15) is 4.31 Å². The standard InChI is InChI=1S/C19H25N3O3S/c1-20-19(23)7-4-10-21-11-13-22(14-12-21)26(24,25)18-9-8-16-5-2-3-6-17(16)15-18/h2-3,5-6,8-9,15H,4,7,10-14H2,1H3,(H,20,23). The molecule has 1 heterocycles. The molecule has 26 heavy (non-hydrogen) atoms. The predicted octanol–water partition coefficient (Wildman–Crippen LogP) is 1.67. The van der Waals surface area contributed by atoms with Crippen LogP contribution in [-0.4, -0.2) is 63.3 Å². The maximum Gasteiger partial charge on any atom is 0.243 e. The number of hydrogen-bond donors (Lipinski definition) is 1. The minimum atomic E-state index is -3.47. The Hall–Kier alpha value is -1.96. The van der Waals surface area contributed by atoms with Gasteiger partial charge in [-0.15, -0.1) is 0 Å². The summed E-state index contributed by atoms with van der Waals surface area (Å²) in [7, 11) is -1.83. The number of piperazine rings is 1. The quantitative estimate of drug-likeness (QED) is 0.834. The molecule has 2 aromatic rings. The van der Waals surface area contributed by atoms with Crippen LogP contribution in [-0.2, 0) is 14.8 Å². The Bertz CT molecular complexity index is 874. The van der Waals surface area contributed by atoms with Crippen molar-refractivity contribution in [2.45, 2.75) is 17.7 Å². The van der Waals surface area contributed by atoms with Crippen LogP contribution in [0.2, 0.25) is 0 Å². The van der Waals surface area contributed by atoms with E-state index in [2.05, 4.69) is 10.2 Å². The number of nitrogens with one attached hydrogen (secondary N) is 1. The molecule has 2 aromatic carbocycles. The van der Waals surface area contributed by atoms with Crippen molar-refractivity contribution in [1.29, 1.82) is 0 Å². The molecule has 0 spiro atoms. The summed E-state index contributed by atoms with van der Waals surface area (Å²) in [4.78, 5) is 13.8. The van der Waals surface area contributed by atoms with Crippen molar-refractivity contribution < 1.29 is 13.2 Å². The first kappa shape index (κ1) is 18.8. The number of fused-ring (bicyclic) bond motifs is 1. The van der Waals surface area contributed by atoms with Gasteiger partial charge in [-0.05, 0) is 35.9 Å².